The average Bonchev–Trinajstić information content (AvgIpc) is 2.94. The zero-order valence-corrected chi connectivity index (χ0v) is 12.4. The van der Waals surface area contributed by atoms with Gasteiger partial charge in [-0.1, -0.05) is 19.1 Å². The normalized spacial score (nSPS) is 12.8. The fourth-order valence-electron chi connectivity index (χ4n) is 2.45. The van der Waals surface area contributed by atoms with Crippen LogP contribution in [0, 0.1) is 6.92 Å². The number of rotatable bonds is 3. The highest BCUT2D eigenvalue weighted by atomic mass is 32.1. The number of benzene rings is 1. The molecule has 102 valence electrons. The van der Waals surface area contributed by atoms with Crippen LogP contribution in [0.15, 0.2) is 41.8 Å². The average molecular weight is 283 g/mol. The standard InChI is InChI=1S/C17H17NOS/c1-3-12-8-9-20-17(12)16(19)14-6-7-15-13(10-14)5-4-11(2)18-15/h4-10,16,19H,3H2,1-2H3. The molecule has 0 bridgehead atoms. The summed E-state index contributed by atoms with van der Waals surface area (Å²) in [4.78, 5) is 5.54. The van der Waals surface area contributed by atoms with Crippen molar-refractivity contribution in [2.75, 3.05) is 0 Å². The van der Waals surface area contributed by atoms with Crippen LogP contribution >= 0.6 is 11.3 Å². The number of fused-ring (bicyclic) bond motifs is 1. The van der Waals surface area contributed by atoms with E-state index in [9.17, 15) is 5.11 Å². The molecule has 0 saturated carbocycles. The van der Waals surface area contributed by atoms with Gasteiger partial charge >= 0.3 is 0 Å². The van der Waals surface area contributed by atoms with Gasteiger partial charge in [-0.3, -0.25) is 4.98 Å². The molecule has 0 saturated heterocycles. The molecular weight excluding hydrogens is 266 g/mol. The molecular formula is C17H17NOS. The maximum Gasteiger partial charge on any atom is 0.113 e. The van der Waals surface area contributed by atoms with Crippen LogP contribution in [0.1, 0.15) is 34.7 Å². The van der Waals surface area contributed by atoms with E-state index in [-0.39, 0.29) is 0 Å². The Morgan fingerprint density at radius 3 is 2.85 bits per heavy atom. The number of hydrogen-bond acceptors (Lipinski definition) is 3. The van der Waals surface area contributed by atoms with E-state index in [4.69, 9.17) is 0 Å². The Kier molecular flexibility index (Phi) is 3.55. The Hall–Kier alpha value is -1.71. The van der Waals surface area contributed by atoms with Gasteiger partial charge < -0.3 is 5.11 Å². The third kappa shape index (κ3) is 2.35. The van der Waals surface area contributed by atoms with Gasteiger partial charge in [0.15, 0.2) is 0 Å². The monoisotopic (exact) mass is 283 g/mol. The van der Waals surface area contributed by atoms with Gasteiger partial charge in [-0.2, -0.15) is 0 Å². The van der Waals surface area contributed by atoms with Crippen molar-refractivity contribution < 1.29 is 5.11 Å². The van der Waals surface area contributed by atoms with Gasteiger partial charge in [0, 0.05) is 16.0 Å². The summed E-state index contributed by atoms with van der Waals surface area (Å²) in [7, 11) is 0. The van der Waals surface area contributed by atoms with Crippen LogP contribution in [0.3, 0.4) is 0 Å². The Bertz CT molecular complexity index is 748. The summed E-state index contributed by atoms with van der Waals surface area (Å²) < 4.78 is 0. The van der Waals surface area contributed by atoms with Gasteiger partial charge in [0.1, 0.15) is 6.10 Å². The van der Waals surface area contributed by atoms with Gasteiger partial charge in [0.25, 0.3) is 0 Å². The first kappa shape index (κ1) is 13.3. The van der Waals surface area contributed by atoms with Crippen molar-refractivity contribution in [1.82, 2.24) is 4.98 Å². The first-order valence-corrected chi connectivity index (χ1v) is 7.68. The van der Waals surface area contributed by atoms with Crippen molar-refractivity contribution >= 4 is 22.2 Å². The summed E-state index contributed by atoms with van der Waals surface area (Å²) >= 11 is 1.62. The fourth-order valence-corrected chi connectivity index (χ4v) is 3.45. The molecule has 0 radical (unpaired) electrons. The van der Waals surface area contributed by atoms with Crippen molar-refractivity contribution in [3.63, 3.8) is 0 Å². The van der Waals surface area contributed by atoms with E-state index in [2.05, 4.69) is 24.0 Å². The molecule has 1 N–H and O–H groups in total. The second-order valence-electron chi connectivity index (χ2n) is 4.97. The number of thiophene rings is 1. The molecule has 2 heterocycles. The number of aliphatic hydroxyl groups excluding tert-OH is 1. The molecule has 3 rings (SSSR count). The first-order chi connectivity index (χ1) is 9.69. The minimum absolute atomic E-state index is 0.546. The van der Waals surface area contributed by atoms with E-state index in [0.29, 0.717) is 0 Å². The molecule has 3 heteroatoms. The molecule has 0 amide bonds. The van der Waals surface area contributed by atoms with E-state index < -0.39 is 6.10 Å². The van der Waals surface area contributed by atoms with Gasteiger partial charge in [0.05, 0.1) is 5.52 Å². The van der Waals surface area contributed by atoms with Gasteiger partial charge in [-0.25, -0.2) is 0 Å². The maximum atomic E-state index is 10.6. The quantitative estimate of drug-likeness (QED) is 0.779. The minimum Gasteiger partial charge on any atom is -0.383 e. The van der Waals surface area contributed by atoms with Crippen LogP contribution in [0.25, 0.3) is 10.9 Å². The summed E-state index contributed by atoms with van der Waals surface area (Å²) in [5.41, 5.74) is 4.14. The van der Waals surface area contributed by atoms with E-state index in [0.717, 1.165) is 33.5 Å². The lowest BCUT2D eigenvalue weighted by molar-refractivity contribution is 0.223. The highest BCUT2D eigenvalue weighted by molar-refractivity contribution is 7.10. The Balaban J connectivity index is 2.03. The molecule has 3 aromatic rings. The van der Waals surface area contributed by atoms with Crippen LogP contribution in [0.4, 0.5) is 0 Å². The summed E-state index contributed by atoms with van der Waals surface area (Å²) in [5, 5.41) is 13.7. The molecule has 0 aliphatic heterocycles. The minimum atomic E-state index is -0.546. The number of aromatic nitrogens is 1. The lowest BCUT2D eigenvalue weighted by Gasteiger charge is -2.12. The van der Waals surface area contributed by atoms with Crippen LogP contribution in [-0.4, -0.2) is 10.1 Å². The second-order valence-corrected chi connectivity index (χ2v) is 5.92. The summed E-state index contributed by atoms with van der Waals surface area (Å²) in [6.45, 7) is 4.10. The molecule has 2 aromatic heterocycles. The molecule has 1 atom stereocenters. The lowest BCUT2D eigenvalue weighted by Crippen LogP contribution is -2.00. The Morgan fingerprint density at radius 2 is 2.05 bits per heavy atom. The first-order valence-electron chi connectivity index (χ1n) is 6.80. The largest absolute Gasteiger partial charge is 0.383 e. The summed E-state index contributed by atoms with van der Waals surface area (Å²) in [6, 6.07) is 12.1. The number of hydrogen-bond donors (Lipinski definition) is 1. The van der Waals surface area contributed by atoms with Crippen molar-refractivity contribution in [2.24, 2.45) is 0 Å². The Labute approximate surface area is 122 Å². The van der Waals surface area contributed by atoms with Crippen molar-refractivity contribution in [2.45, 2.75) is 26.4 Å². The molecule has 0 aliphatic carbocycles. The van der Waals surface area contributed by atoms with Crippen LogP contribution in [0.2, 0.25) is 0 Å². The van der Waals surface area contributed by atoms with Crippen molar-refractivity contribution in [3.8, 4) is 0 Å². The third-order valence-corrected chi connectivity index (χ3v) is 4.59. The maximum absolute atomic E-state index is 10.6. The predicted octanol–water partition coefficient (Wildman–Crippen LogP) is 4.25. The smallest absolute Gasteiger partial charge is 0.113 e. The van der Waals surface area contributed by atoms with Gasteiger partial charge in [-0.15, -0.1) is 11.3 Å². The third-order valence-electron chi connectivity index (χ3n) is 3.58. The number of nitrogens with zero attached hydrogens (tertiary/aromatic N) is 1. The molecule has 0 fully saturated rings. The zero-order valence-electron chi connectivity index (χ0n) is 11.6. The fraction of sp³-hybridized carbons (Fsp3) is 0.235. The van der Waals surface area contributed by atoms with Gasteiger partial charge in [-0.05, 0) is 54.1 Å². The van der Waals surface area contributed by atoms with Gasteiger partial charge in [0.2, 0.25) is 0 Å². The molecule has 0 aliphatic rings. The summed E-state index contributed by atoms with van der Waals surface area (Å²) in [5.74, 6) is 0. The molecule has 1 unspecified atom stereocenters. The number of aliphatic hydroxyl groups is 1. The number of aryl methyl sites for hydroxylation is 2. The Morgan fingerprint density at radius 1 is 1.20 bits per heavy atom. The van der Waals surface area contributed by atoms with Crippen molar-refractivity contribution in [3.05, 3.63) is 63.5 Å². The van der Waals surface area contributed by atoms with Crippen LogP contribution in [-0.2, 0) is 6.42 Å². The van der Waals surface area contributed by atoms with Crippen LogP contribution < -0.4 is 0 Å². The highest BCUT2D eigenvalue weighted by Crippen LogP contribution is 2.31. The molecule has 0 spiro atoms. The predicted molar refractivity (Wildman–Crippen MR) is 84.2 cm³/mol. The van der Waals surface area contributed by atoms with E-state index in [1.807, 2.05) is 36.6 Å². The topological polar surface area (TPSA) is 33.1 Å². The summed E-state index contributed by atoms with van der Waals surface area (Å²) in [6.07, 6.45) is 0.403. The highest BCUT2D eigenvalue weighted by Gasteiger charge is 2.15. The SMILES string of the molecule is CCc1ccsc1C(O)c1ccc2nc(C)ccc2c1. The lowest BCUT2D eigenvalue weighted by atomic mass is 10.0. The molecule has 20 heavy (non-hydrogen) atoms. The molecule has 2 nitrogen and oxygen atoms in total. The van der Waals surface area contributed by atoms with E-state index >= 15 is 0 Å². The van der Waals surface area contributed by atoms with Crippen LogP contribution in [0.5, 0.6) is 0 Å². The van der Waals surface area contributed by atoms with E-state index in [1.165, 1.54) is 5.56 Å². The molecule has 1 aromatic carbocycles. The number of pyridine rings is 1. The van der Waals surface area contributed by atoms with Crippen molar-refractivity contribution in [1.29, 1.82) is 0 Å². The second kappa shape index (κ2) is 5.35. The van der Waals surface area contributed by atoms with E-state index in [1.54, 1.807) is 11.3 Å². The zero-order chi connectivity index (χ0) is 14.1.